The molecule has 1 heterocycles. The molecule has 4 amide bonds. The number of anilines is 2. The summed E-state index contributed by atoms with van der Waals surface area (Å²) in [5.74, 6) is -4.79. The third-order valence-electron chi connectivity index (χ3n) is 6.47. The van der Waals surface area contributed by atoms with Crippen LogP contribution in [0.15, 0.2) is 54.6 Å². The number of imide groups is 1. The first-order chi connectivity index (χ1) is 20.3. The number of rotatable bonds is 9. The summed E-state index contributed by atoms with van der Waals surface area (Å²) in [4.78, 5) is 76.3. The average Bonchev–Trinajstić information content (AvgIpc) is 3.22. The van der Waals surface area contributed by atoms with E-state index in [1.807, 2.05) is 6.92 Å². The van der Waals surface area contributed by atoms with Crippen LogP contribution in [-0.2, 0) is 23.9 Å². The van der Waals surface area contributed by atoms with E-state index in [4.69, 9.17) is 32.7 Å². The predicted octanol–water partition coefficient (Wildman–Crippen LogP) is 4.57. The smallest absolute Gasteiger partial charge is 0.338 e. The Bertz CT molecular complexity index is 1670. The molecular weight excluding hydrogens is 601 g/mol. The van der Waals surface area contributed by atoms with Gasteiger partial charge in [0.25, 0.3) is 23.6 Å². The van der Waals surface area contributed by atoms with Gasteiger partial charge >= 0.3 is 11.9 Å². The van der Waals surface area contributed by atoms with Crippen LogP contribution >= 0.6 is 23.2 Å². The quantitative estimate of drug-likeness (QED) is 0.259. The number of carbonyl (C=O) groups is 6. The zero-order valence-corrected chi connectivity index (χ0v) is 24.7. The molecule has 0 saturated heterocycles. The third-order valence-corrected chi connectivity index (χ3v) is 7.29. The minimum Gasteiger partial charge on any atom is -0.454 e. The first-order valence-corrected chi connectivity index (χ1v) is 13.6. The Morgan fingerprint density at radius 1 is 0.744 bits per heavy atom. The van der Waals surface area contributed by atoms with Crippen molar-refractivity contribution in [1.82, 2.24) is 4.90 Å². The maximum absolute atomic E-state index is 13.1. The van der Waals surface area contributed by atoms with Crippen molar-refractivity contribution in [3.63, 3.8) is 0 Å². The van der Waals surface area contributed by atoms with Crippen LogP contribution in [0.5, 0.6) is 0 Å². The molecule has 0 radical (unpaired) electrons. The zero-order chi connectivity index (χ0) is 31.4. The minimum atomic E-state index is -1.37. The lowest BCUT2D eigenvalue weighted by Gasteiger charge is -2.20. The minimum absolute atomic E-state index is 0.0378. The van der Waals surface area contributed by atoms with E-state index in [9.17, 15) is 28.8 Å². The number of ether oxygens (including phenoxy) is 2. The Balaban J connectivity index is 1.33. The summed E-state index contributed by atoms with van der Waals surface area (Å²) in [5.41, 5.74) is 2.20. The van der Waals surface area contributed by atoms with Crippen molar-refractivity contribution in [3.8, 4) is 0 Å². The van der Waals surface area contributed by atoms with E-state index in [1.54, 1.807) is 43.3 Å². The number of nitrogens with zero attached hydrogens (tertiary/aromatic N) is 1. The van der Waals surface area contributed by atoms with Crippen LogP contribution in [-0.4, -0.2) is 59.7 Å². The first kappa shape index (κ1) is 31.2. The number of hydrogen-bond acceptors (Lipinski definition) is 8. The second-order valence-corrected chi connectivity index (χ2v) is 10.4. The summed E-state index contributed by atoms with van der Waals surface area (Å²) in [6.07, 6.45) is 0. The summed E-state index contributed by atoms with van der Waals surface area (Å²) in [6.45, 7) is 3.60. The molecule has 4 rings (SSSR count). The fourth-order valence-electron chi connectivity index (χ4n) is 4.05. The maximum atomic E-state index is 13.1. The summed E-state index contributed by atoms with van der Waals surface area (Å²) >= 11 is 12.1. The van der Waals surface area contributed by atoms with Crippen LogP contribution in [0.2, 0.25) is 10.0 Å². The van der Waals surface area contributed by atoms with Gasteiger partial charge in [-0.05, 0) is 74.4 Å². The molecule has 0 aliphatic carbocycles. The van der Waals surface area contributed by atoms with Crippen LogP contribution in [0, 0.1) is 13.8 Å². The second-order valence-electron chi connectivity index (χ2n) is 9.62. The molecule has 3 aromatic rings. The van der Waals surface area contributed by atoms with E-state index in [1.165, 1.54) is 19.1 Å². The lowest BCUT2D eigenvalue weighted by Crippen LogP contribution is -2.44. The number of esters is 2. The van der Waals surface area contributed by atoms with Gasteiger partial charge in [0.1, 0.15) is 6.04 Å². The molecule has 1 atom stereocenters. The molecule has 13 heteroatoms. The molecule has 3 aromatic carbocycles. The van der Waals surface area contributed by atoms with Crippen LogP contribution in [0.4, 0.5) is 11.4 Å². The van der Waals surface area contributed by atoms with Crippen molar-refractivity contribution >= 4 is 70.1 Å². The van der Waals surface area contributed by atoms with E-state index in [0.29, 0.717) is 26.3 Å². The molecule has 11 nitrogen and oxygen atoms in total. The van der Waals surface area contributed by atoms with Crippen LogP contribution in [0.25, 0.3) is 0 Å². The van der Waals surface area contributed by atoms with E-state index < -0.39 is 54.8 Å². The topological polar surface area (TPSA) is 148 Å². The van der Waals surface area contributed by atoms with Gasteiger partial charge in [0.15, 0.2) is 13.2 Å². The van der Waals surface area contributed by atoms with Gasteiger partial charge in [0, 0.05) is 21.4 Å². The Hall–Kier alpha value is -4.74. The molecule has 0 saturated carbocycles. The molecule has 0 unspecified atom stereocenters. The van der Waals surface area contributed by atoms with Crippen molar-refractivity contribution in [2.75, 3.05) is 23.8 Å². The standard InChI is InChI=1S/C30H25Cl2N3O8/c1-15-4-7-19(11-23(15)31)33-25(36)13-42-29(40)17(3)35-27(38)21-9-6-18(10-22(21)28(35)39)30(41)43-14-26(37)34-20-8-5-16(2)24(32)12-20/h4-12,17H,13-14H2,1-3H3,(H,33,36)(H,34,37)/t17-/m0/s1. The van der Waals surface area contributed by atoms with Gasteiger partial charge in [-0.2, -0.15) is 0 Å². The first-order valence-electron chi connectivity index (χ1n) is 12.8. The number of benzene rings is 3. The van der Waals surface area contributed by atoms with E-state index in [0.717, 1.165) is 17.2 Å². The summed E-state index contributed by atoms with van der Waals surface area (Å²) in [5, 5.41) is 5.99. The summed E-state index contributed by atoms with van der Waals surface area (Å²) in [7, 11) is 0. The van der Waals surface area contributed by atoms with E-state index in [2.05, 4.69) is 10.6 Å². The molecule has 2 N–H and O–H groups in total. The fourth-order valence-corrected chi connectivity index (χ4v) is 4.41. The number of nitrogens with one attached hydrogen (secondary N) is 2. The second kappa shape index (κ2) is 13.1. The van der Waals surface area contributed by atoms with Gasteiger partial charge in [-0.3, -0.25) is 24.1 Å². The van der Waals surface area contributed by atoms with Crippen molar-refractivity contribution < 1.29 is 38.2 Å². The van der Waals surface area contributed by atoms with Gasteiger partial charge in [-0.1, -0.05) is 35.3 Å². The van der Waals surface area contributed by atoms with Crippen LogP contribution in [0.1, 0.15) is 49.1 Å². The zero-order valence-electron chi connectivity index (χ0n) is 23.2. The largest absolute Gasteiger partial charge is 0.454 e. The average molecular weight is 626 g/mol. The summed E-state index contributed by atoms with van der Waals surface area (Å²) < 4.78 is 10.1. The van der Waals surface area contributed by atoms with Crippen molar-refractivity contribution in [3.05, 3.63) is 92.5 Å². The number of amides is 4. The van der Waals surface area contributed by atoms with Crippen molar-refractivity contribution in [2.45, 2.75) is 26.8 Å². The molecule has 0 spiro atoms. The normalized spacial score (nSPS) is 12.8. The molecule has 43 heavy (non-hydrogen) atoms. The van der Waals surface area contributed by atoms with E-state index >= 15 is 0 Å². The van der Waals surface area contributed by atoms with Crippen molar-refractivity contribution in [1.29, 1.82) is 0 Å². The number of fused-ring (bicyclic) bond motifs is 1. The molecule has 222 valence electrons. The molecule has 1 aliphatic heterocycles. The molecular formula is C30H25Cl2N3O8. The van der Waals surface area contributed by atoms with Crippen LogP contribution < -0.4 is 10.6 Å². The highest BCUT2D eigenvalue weighted by molar-refractivity contribution is 6.32. The fraction of sp³-hybridized carbons (Fsp3) is 0.200. The Labute approximate surface area is 256 Å². The number of hydrogen-bond donors (Lipinski definition) is 2. The monoisotopic (exact) mass is 625 g/mol. The van der Waals surface area contributed by atoms with Gasteiger partial charge < -0.3 is 20.1 Å². The van der Waals surface area contributed by atoms with Gasteiger partial charge in [-0.15, -0.1) is 0 Å². The van der Waals surface area contributed by atoms with Gasteiger partial charge in [-0.25, -0.2) is 9.59 Å². The van der Waals surface area contributed by atoms with Crippen molar-refractivity contribution in [2.24, 2.45) is 0 Å². The molecule has 1 aliphatic rings. The maximum Gasteiger partial charge on any atom is 0.338 e. The number of carbonyl (C=O) groups excluding carboxylic acids is 6. The number of aryl methyl sites for hydroxylation is 2. The van der Waals surface area contributed by atoms with Gasteiger partial charge in [0.2, 0.25) is 0 Å². The SMILES string of the molecule is Cc1ccc(NC(=O)COC(=O)c2ccc3c(c2)C(=O)N([C@@H](C)C(=O)OCC(=O)Nc2ccc(C)c(Cl)c2)C3=O)cc1Cl. The highest BCUT2D eigenvalue weighted by Gasteiger charge is 2.42. The highest BCUT2D eigenvalue weighted by Crippen LogP contribution is 2.27. The summed E-state index contributed by atoms with van der Waals surface area (Å²) in [6, 6.07) is 12.1. The van der Waals surface area contributed by atoms with Gasteiger partial charge in [0.05, 0.1) is 16.7 Å². The molecule has 0 aromatic heterocycles. The number of halogens is 2. The van der Waals surface area contributed by atoms with E-state index in [-0.39, 0.29) is 16.7 Å². The third kappa shape index (κ3) is 7.19. The Morgan fingerprint density at radius 2 is 1.26 bits per heavy atom. The lowest BCUT2D eigenvalue weighted by atomic mass is 10.1. The van der Waals surface area contributed by atoms with Crippen LogP contribution in [0.3, 0.4) is 0 Å². The molecule has 0 bridgehead atoms. The Morgan fingerprint density at radius 3 is 1.79 bits per heavy atom. The lowest BCUT2D eigenvalue weighted by molar-refractivity contribution is -0.150. The highest BCUT2D eigenvalue weighted by atomic mass is 35.5. The predicted molar refractivity (Wildman–Crippen MR) is 157 cm³/mol. The molecule has 0 fully saturated rings. The Kier molecular flexibility index (Phi) is 9.47.